The van der Waals surface area contributed by atoms with Crippen molar-refractivity contribution >= 4 is 5.91 Å². The van der Waals surface area contributed by atoms with Crippen molar-refractivity contribution in [1.82, 2.24) is 10.2 Å². The molecule has 0 aliphatic carbocycles. The predicted molar refractivity (Wildman–Crippen MR) is 72.0 cm³/mol. The van der Waals surface area contributed by atoms with Gasteiger partial charge >= 0.3 is 0 Å². The van der Waals surface area contributed by atoms with Crippen LogP contribution in [-0.4, -0.2) is 36.5 Å². The lowest BCUT2D eigenvalue weighted by Gasteiger charge is -2.25. The van der Waals surface area contributed by atoms with E-state index >= 15 is 0 Å². The first-order chi connectivity index (χ1) is 8.27. The van der Waals surface area contributed by atoms with Crippen LogP contribution < -0.4 is 5.32 Å². The molecule has 0 aromatic heterocycles. The number of hydrogen-bond acceptors (Lipinski definition) is 2. The van der Waals surface area contributed by atoms with E-state index in [1.165, 1.54) is 19.3 Å². The second-order valence-corrected chi connectivity index (χ2v) is 5.07. The fourth-order valence-electron chi connectivity index (χ4n) is 2.53. The van der Waals surface area contributed by atoms with Crippen LogP contribution in [0.1, 0.15) is 58.8 Å². The van der Waals surface area contributed by atoms with Crippen molar-refractivity contribution in [2.45, 2.75) is 64.8 Å². The van der Waals surface area contributed by atoms with Crippen molar-refractivity contribution in [1.29, 1.82) is 0 Å². The fourth-order valence-corrected chi connectivity index (χ4v) is 2.53. The molecule has 0 aromatic carbocycles. The molecule has 1 saturated heterocycles. The molecule has 1 aliphatic rings. The molecule has 0 bridgehead atoms. The van der Waals surface area contributed by atoms with E-state index in [4.69, 9.17) is 0 Å². The monoisotopic (exact) mass is 240 g/mol. The Labute approximate surface area is 106 Å². The van der Waals surface area contributed by atoms with Crippen molar-refractivity contribution in [2.24, 2.45) is 0 Å². The van der Waals surface area contributed by atoms with E-state index in [1.54, 1.807) is 0 Å². The van der Waals surface area contributed by atoms with Gasteiger partial charge in [0.25, 0.3) is 0 Å². The Balaban J connectivity index is 2.25. The molecule has 1 N–H and O–H groups in total. The number of carbonyl (C=O) groups excluding carboxylic acids is 1. The molecule has 0 saturated carbocycles. The first kappa shape index (κ1) is 14.5. The smallest absolute Gasteiger partial charge is 0.222 e. The molecule has 3 heteroatoms. The van der Waals surface area contributed by atoms with Crippen LogP contribution in [0.15, 0.2) is 0 Å². The van der Waals surface area contributed by atoms with Crippen LogP contribution in [0.4, 0.5) is 0 Å². The zero-order valence-electron chi connectivity index (χ0n) is 11.5. The van der Waals surface area contributed by atoms with Crippen LogP contribution in [0.25, 0.3) is 0 Å². The minimum atomic E-state index is 0.348. The van der Waals surface area contributed by atoms with Gasteiger partial charge in [0.05, 0.1) is 0 Å². The molecule has 0 aromatic rings. The molecule has 1 fully saturated rings. The van der Waals surface area contributed by atoms with E-state index in [0.717, 1.165) is 45.3 Å². The van der Waals surface area contributed by atoms with E-state index in [-0.39, 0.29) is 0 Å². The average molecular weight is 240 g/mol. The van der Waals surface area contributed by atoms with E-state index in [0.29, 0.717) is 11.9 Å². The summed E-state index contributed by atoms with van der Waals surface area (Å²) < 4.78 is 0. The van der Waals surface area contributed by atoms with Crippen molar-refractivity contribution in [3.05, 3.63) is 0 Å². The number of amides is 1. The highest BCUT2D eigenvalue weighted by Gasteiger charge is 2.16. The van der Waals surface area contributed by atoms with Crippen LogP contribution in [0, 0.1) is 0 Å². The third-order valence-corrected chi connectivity index (χ3v) is 3.46. The van der Waals surface area contributed by atoms with Crippen molar-refractivity contribution in [2.75, 3.05) is 19.6 Å². The Bertz CT molecular complexity index is 206. The van der Waals surface area contributed by atoms with Gasteiger partial charge in [-0.1, -0.05) is 20.3 Å². The lowest BCUT2D eigenvalue weighted by molar-refractivity contribution is -0.131. The number of rotatable bonds is 7. The quantitative estimate of drug-likeness (QED) is 0.742. The van der Waals surface area contributed by atoms with Gasteiger partial charge in [-0.15, -0.1) is 0 Å². The molecule has 1 rings (SSSR count). The average Bonchev–Trinajstić information content (AvgIpc) is 2.37. The molecule has 100 valence electrons. The predicted octanol–water partition coefficient (Wildman–Crippen LogP) is 2.56. The lowest BCUT2D eigenvalue weighted by atomic mass is 10.0. The molecule has 0 spiro atoms. The van der Waals surface area contributed by atoms with Gasteiger partial charge in [-0.2, -0.15) is 0 Å². The first-order valence-electron chi connectivity index (χ1n) is 7.29. The lowest BCUT2D eigenvalue weighted by Crippen LogP contribution is -2.37. The largest absolute Gasteiger partial charge is 0.343 e. The second kappa shape index (κ2) is 8.51. The molecule has 1 atom stereocenters. The molecular weight excluding hydrogens is 212 g/mol. The molecular formula is C14H28N2O. The summed E-state index contributed by atoms with van der Waals surface area (Å²) in [5, 5.41) is 3.51. The summed E-state index contributed by atoms with van der Waals surface area (Å²) in [5.74, 6) is 0.348. The fraction of sp³-hybridized carbons (Fsp3) is 0.929. The summed E-state index contributed by atoms with van der Waals surface area (Å²) in [6.07, 6.45) is 7.72. The maximum atomic E-state index is 12.1. The molecule has 1 unspecified atom stereocenters. The molecule has 1 heterocycles. The van der Waals surface area contributed by atoms with Crippen LogP contribution in [0.2, 0.25) is 0 Å². The van der Waals surface area contributed by atoms with Gasteiger partial charge in [0.1, 0.15) is 0 Å². The third-order valence-electron chi connectivity index (χ3n) is 3.46. The van der Waals surface area contributed by atoms with Crippen molar-refractivity contribution in [3.63, 3.8) is 0 Å². The minimum Gasteiger partial charge on any atom is -0.343 e. The highest BCUT2D eigenvalue weighted by atomic mass is 16.2. The van der Waals surface area contributed by atoms with E-state index in [2.05, 4.69) is 19.2 Å². The molecule has 3 nitrogen and oxygen atoms in total. The summed E-state index contributed by atoms with van der Waals surface area (Å²) >= 11 is 0. The Morgan fingerprint density at radius 2 is 1.94 bits per heavy atom. The SMILES string of the molecule is CCCN(CCC)C(=O)CCC1CCCCN1. The summed E-state index contributed by atoms with van der Waals surface area (Å²) in [5.41, 5.74) is 0. The molecule has 1 amide bonds. The zero-order valence-corrected chi connectivity index (χ0v) is 11.5. The van der Waals surface area contributed by atoms with Gasteiger partial charge in [-0.05, 0) is 38.6 Å². The zero-order chi connectivity index (χ0) is 12.5. The number of nitrogens with one attached hydrogen (secondary N) is 1. The van der Waals surface area contributed by atoms with Gasteiger partial charge in [-0.25, -0.2) is 0 Å². The van der Waals surface area contributed by atoms with Crippen LogP contribution in [0.3, 0.4) is 0 Å². The minimum absolute atomic E-state index is 0.348. The van der Waals surface area contributed by atoms with Crippen LogP contribution in [-0.2, 0) is 4.79 Å². The maximum absolute atomic E-state index is 12.1. The van der Waals surface area contributed by atoms with Crippen molar-refractivity contribution < 1.29 is 4.79 Å². The summed E-state index contributed by atoms with van der Waals surface area (Å²) in [6.45, 7) is 7.25. The van der Waals surface area contributed by atoms with Crippen LogP contribution in [0.5, 0.6) is 0 Å². The molecule has 1 aliphatic heterocycles. The van der Waals surface area contributed by atoms with E-state index in [1.807, 2.05) is 4.90 Å². The normalized spacial score (nSPS) is 20.2. The molecule has 17 heavy (non-hydrogen) atoms. The van der Waals surface area contributed by atoms with Gasteiger partial charge in [0, 0.05) is 25.6 Å². The first-order valence-corrected chi connectivity index (χ1v) is 7.29. The maximum Gasteiger partial charge on any atom is 0.222 e. The standard InChI is InChI=1S/C14H28N2O/c1-3-11-16(12-4-2)14(17)9-8-13-7-5-6-10-15-13/h13,15H,3-12H2,1-2H3. The number of carbonyl (C=O) groups is 1. The van der Waals surface area contributed by atoms with Gasteiger partial charge in [0.2, 0.25) is 5.91 Å². The van der Waals surface area contributed by atoms with Crippen LogP contribution >= 0.6 is 0 Å². The van der Waals surface area contributed by atoms with E-state index < -0.39 is 0 Å². The third kappa shape index (κ3) is 5.53. The van der Waals surface area contributed by atoms with Gasteiger partial charge in [0.15, 0.2) is 0 Å². The highest BCUT2D eigenvalue weighted by molar-refractivity contribution is 5.76. The van der Waals surface area contributed by atoms with Gasteiger partial charge in [-0.3, -0.25) is 4.79 Å². The Hall–Kier alpha value is -0.570. The summed E-state index contributed by atoms with van der Waals surface area (Å²) in [7, 11) is 0. The Morgan fingerprint density at radius 1 is 1.24 bits per heavy atom. The number of hydrogen-bond donors (Lipinski definition) is 1. The van der Waals surface area contributed by atoms with Gasteiger partial charge < -0.3 is 10.2 Å². The number of nitrogens with zero attached hydrogens (tertiary/aromatic N) is 1. The Morgan fingerprint density at radius 3 is 2.47 bits per heavy atom. The summed E-state index contributed by atoms with van der Waals surface area (Å²) in [6, 6.07) is 0.581. The highest BCUT2D eigenvalue weighted by Crippen LogP contribution is 2.12. The number of piperidine rings is 1. The van der Waals surface area contributed by atoms with Crippen molar-refractivity contribution in [3.8, 4) is 0 Å². The topological polar surface area (TPSA) is 32.3 Å². The Kier molecular flexibility index (Phi) is 7.25. The molecule has 0 radical (unpaired) electrons. The summed E-state index contributed by atoms with van der Waals surface area (Å²) in [4.78, 5) is 14.1. The second-order valence-electron chi connectivity index (χ2n) is 5.07. The van der Waals surface area contributed by atoms with E-state index in [9.17, 15) is 4.79 Å².